The highest BCUT2D eigenvalue weighted by Gasteiger charge is 2.10. The zero-order chi connectivity index (χ0) is 16.9. The number of benzene rings is 2. The number of hydrogen-bond donors (Lipinski definition) is 3. The van der Waals surface area contributed by atoms with Crippen molar-refractivity contribution in [3.8, 4) is 0 Å². The van der Waals surface area contributed by atoms with Crippen LogP contribution in [0, 0.1) is 6.92 Å². The Morgan fingerprint density at radius 1 is 1.12 bits per heavy atom. The van der Waals surface area contributed by atoms with Gasteiger partial charge in [0.1, 0.15) is 0 Å². The van der Waals surface area contributed by atoms with Crippen molar-refractivity contribution in [1.82, 2.24) is 10.3 Å². The van der Waals surface area contributed by atoms with E-state index in [1.54, 1.807) is 0 Å². The molecular formula is C20H22N2O2. The summed E-state index contributed by atoms with van der Waals surface area (Å²) < 4.78 is 0. The van der Waals surface area contributed by atoms with Crippen LogP contribution in [0.1, 0.15) is 16.7 Å². The molecule has 0 unspecified atom stereocenters. The van der Waals surface area contributed by atoms with E-state index >= 15 is 0 Å². The third kappa shape index (κ3) is 3.91. The summed E-state index contributed by atoms with van der Waals surface area (Å²) in [5, 5.41) is 13.9. The standard InChI is InChI=1S/C20H22N2O2/c1-14-7-8-16-11-17(20(24)22-19(16)9-14)12-21-18(13-23)10-15-5-3-2-4-6-15/h2-9,11,18,21,23H,10,12-13H2,1H3,(H,22,24)/t18-/m0/s1. The molecule has 0 aliphatic carbocycles. The lowest BCUT2D eigenvalue weighted by molar-refractivity contribution is 0.240. The second kappa shape index (κ2) is 7.43. The zero-order valence-electron chi connectivity index (χ0n) is 13.8. The Balaban J connectivity index is 1.73. The first kappa shape index (κ1) is 16.4. The molecule has 4 heteroatoms. The van der Waals surface area contributed by atoms with Crippen LogP contribution in [0.4, 0.5) is 0 Å². The van der Waals surface area contributed by atoms with E-state index in [1.807, 2.05) is 61.5 Å². The molecule has 0 amide bonds. The monoisotopic (exact) mass is 322 g/mol. The summed E-state index contributed by atoms with van der Waals surface area (Å²) >= 11 is 0. The molecule has 3 aromatic rings. The summed E-state index contributed by atoms with van der Waals surface area (Å²) in [7, 11) is 0. The highest BCUT2D eigenvalue weighted by atomic mass is 16.3. The maximum atomic E-state index is 12.2. The smallest absolute Gasteiger partial charge is 0.252 e. The number of aliphatic hydroxyl groups is 1. The van der Waals surface area contributed by atoms with Crippen molar-refractivity contribution >= 4 is 10.9 Å². The molecule has 1 aromatic heterocycles. The fourth-order valence-corrected chi connectivity index (χ4v) is 2.85. The van der Waals surface area contributed by atoms with E-state index in [4.69, 9.17) is 0 Å². The lowest BCUT2D eigenvalue weighted by atomic mass is 10.1. The molecule has 0 aliphatic heterocycles. The second-order valence-electron chi connectivity index (χ2n) is 6.16. The number of hydrogen-bond acceptors (Lipinski definition) is 3. The summed E-state index contributed by atoms with van der Waals surface area (Å²) in [6, 6.07) is 17.9. The summed E-state index contributed by atoms with van der Waals surface area (Å²) in [5.41, 5.74) is 3.72. The number of fused-ring (bicyclic) bond motifs is 1. The number of pyridine rings is 1. The van der Waals surface area contributed by atoms with Gasteiger partial charge in [-0.1, -0.05) is 42.5 Å². The summed E-state index contributed by atoms with van der Waals surface area (Å²) in [6.07, 6.45) is 0.724. The largest absolute Gasteiger partial charge is 0.395 e. The van der Waals surface area contributed by atoms with Crippen LogP contribution in [0.15, 0.2) is 59.4 Å². The Hall–Kier alpha value is -2.43. The van der Waals surface area contributed by atoms with Gasteiger partial charge < -0.3 is 15.4 Å². The van der Waals surface area contributed by atoms with Crippen LogP contribution < -0.4 is 10.9 Å². The maximum Gasteiger partial charge on any atom is 0.252 e. The van der Waals surface area contributed by atoms with Crippen molar-refractivity contribution in [3.05, 3.63) is 81.6 Å². The van der Waals surface area contributed by atoms with E-state index in [1.165, 1.54) is 0 Å². The minimum atomic E-state index is -0.0861. The number of H-pyrrole nitrogens is 1. The first-order valence-corrected chi connectivity index (χ1v) is 8.16. The number of aromatic amines is 1. The molecule has 0 fully saturated rings. The fourth-order valence-electron chi connectivity index (χ4n) is 2.85. The number of rotatable bonds is 6. The Labute approximate surface area is 141 Å². The molecular weight excluding hydrogens is 300 g/mol. The summed E-state index contributed by atoms with van der Waals surface area (Å²) in [6.45, 7) is 2.46. The molecule has 2 aromatic carbocycles. The molecule has 0 bridgehead atoms. The van der Waals surface area contributed by atoms with E-state index in [0.29, 0.717) is 12.1 Å². The van der Waals surface area contributed by atoms with E-state index in [-0.39, 0.29) is 18.2 Å². The van der Waals surface area contributed by atoms with E-state index in [9.17, 15) is 9.90 Å². The SMILES string of the molecule is Cc1ccc2cc(CN[C@H](CO)Cc3ccccc3)c(=O)[nH]c2c1. The first-order valence-electron chi connectivity index (χ1n) is 8.16. The Kier molecular flexibility index (Phi) is 5.08. The molecule has 4 nitrogen and oxygen atoms in total. The number of aryl methyl sites for hydroxylation is 1. The van der Waals surface area contributed by atoms with E-state index in [0.717, 1.165) is 28.5 Å². The fraction of sp³-hybridized carbons (Fsp3) is 0.250. The normalized spacial score (nSPS) is 12.4. The highest BCUT2D eigenvalue weighted by molar-refractivity contribution is 5.79. The van der Waals surface area contributed by atoms with Crippen molar-refractivity contribution in [3.63, 3.8) is 0 Å². The van der Waals surface area contributed by atoms with Gasteiger partial charge >= 0.3 is 0 Å². The van der Waals surface area contributed by atoms with Gasteiger partial charge in [0.15, 0.2) is 0 Å². The lowest BCUT2D eigenvalue weighted by Crippen LogP contribution is -2.35. The molecule has 0 saturated heterocycles. The summed E-state index contributed by atoms with van der Waals surface area (Å²) in [4.78, 5) is 15.2. The van der Waals surface area contributed by atoms with E-state index in [2.05, 4.69) is 10.3 Å². The van der Waals surface area contributed by atoms with Gasteiger partial charge in [-0.2, -0.15) is 0 Å². The minimum Gasteiger partial charge on any atom is -0.395 e. The lowest BCUT2D eigenvalue weighted by Gasteiger charge is -2.16. The van der Waals surface area contributed by atoms with Gasteiger partial charge in [0.05, 0.1) is 6.61 Å². The average Bonchev–Trinajstić information content (AvgIpc) is 2.59. The topological polar surface area (TPSA) is 65.1 Å². The van der Waals surface area contributed by atoms with Crippen molar-refractivity contribution in [2.24, 2.45) is 0 Å². The number of nitrogens with one attached hydrogen (secondary N) is 2. The molecule has 24 heavy (non-hydrogen) atoms. The molecule has 3 N–H and O–H groups in total. The Bertz CT molecular complexity index is 872. The van der Waals surface area contributed by atoms with Gasteiger partial charge in [0.2, 0.25) is 0 Å². The molecule has 3 rings (SSSR count). The van der Waals surface area contributed by atoms with Crippen molar-refractivity contribution in [2.45, 2.75) is 25.9 Å². The van der Waals surface area contributed by atoms with Crippen LogP contribution in [-0.2, 0) is 13.0 Å². The molecule has 124 valence electrons. The maximum absolute atomic E-state index is 12.2. The van der Waals surface area contributed by atoms with Crippen LogP contribution in [0.2, 0.25) is 0 Å². The van der Waals surface area contributed by atoms with Crippen molar-refractivity contribution in [2.75, 3.05) is 6.61 Å². The Morgan fingerprint density at radius 3 is 2.67 bits per heavy atom. The van der Waals surface area contributed by atoms with Crippen molar-refractivity contribution in [1.29, 1.82) is 0 Å². The molecule has 1 atom stereocenters. The zero-order valence-corrected chi connectivity index (χ0v) is 13.8. The quantitative estimate of drug-likeness (QED) is 0.653. The molecule has 0 aliphatic rings. The molecule has 0 radical (unpaired) electrons. The third-order valence-electron chi connectivity index (χ3n) is 4.20. The minimum absolute atomic E-state index is 0.0274. The predicted molar refractivity (Wildman–Crippen MR) is 97.2 cm³/mol. The van der Waals surface area contributed by atoms with Crippen LogP contribution in [0.25, 0.3) is 10.9 Å². The Morgan fingerprint density at radius 2 is 1.92 bits per heavy atom. The predicted octanol–water partition coefficient (Wildman–Crippen LogP) is 2.53. The van der Waals surface area contributed by atoms with Gasteiger partial charge in [-0.05, 0) is 42.0 Å². The first-order chi connectivity index (χ1) is 11.7. The second-order valence-corrected chi connectivity index (χ2v) is 6.16. The van der Waals surface area contributed by atoms with Crippen LogP contribution in [0.5, 0.6) is 0 Å². The van der Waals surface area contributed by atoms with Crippen LogP contribution >= 0.6 is 0 Å². The number of aromatic nitrogens is 1. The van der Waals surface area contributed by atoms with E-state index < -0.39 is 0 Å². The number of aliphatic hydroxyl groups excluding tert-OH is 1. The average molecular weight is 322 g/mol. The third-order valence-corrected chi connectivity index (χ3v) is 4.20. The van der Waals surface area contributed by atoms with Crippen molar-refractivity contribution < 1.29 is 5.11 Å². The molecule has 0 spiro atoms. The summed E-state index contributed by atoms with van der Waals surface area (Å²) in [5.74, 6) is 0. The van der Waals surface area contributed by atoms with Gasteiger partial charge in [0, 0.05) is 23.7 Å². The van der Waals surface area contributed by atoms with Gasteiger partial charge in [-0.15, -0.1) is 0 Å². The van der Waals surface area contributed by atoms with Gasteiger partial charge in [-0.3, -0.25) is 4.79 Å². The van der Waals surface area contributed by atoms with Crippen LogP contribution in [0.3, 0.4) is 0 Å². The van der Waals surface area contributed by atoms with Gasteiger partial charge in [0.25, 0.3) is 5.56 Å². The van der Waals surface area contributed by atoms with Crippen LogP contribution in [-0.4, -0.2) is 22.7 Å². The van der Waals surface area contributed by atoms with Gasteiger partial charge in [-0.25, -0.2) is 0 Å². The highest BCUT2D eigenvalue weighted by Crippen LogP contribution is 2.13. The molecule has 0 saturated carbocycles. The molecule has 1 heterocycles.